The predicted octanol–water partition coefficient (Wildman–Crippen LogP) is 1.63. The summed E-state index contributed by atoms with van der Waals surface area (Å²) < 4.78 is 0. The van der Waals surface area contributed by atoms with E-state index in [4.69, 9.17) is 5.73 Å². The van der Waals surface area contributed by atoms with Gasteiger partial charge in [-0.15, -0.1) is 0 Å². The van der Waals surface area contributed by atoms with E-state index in [1.54, 1.807) is 13.8 Å². The van der Waals surface area contributed by atoms with Crippen molar-refractivity contribution in [3.8, 4) is 0 Å². The smallest absolute Gasteiger partial charge is 0.242 e. The molecule has 4 nitrogen and oxygen atoms in total. The van der Waals surface area contributed by atoms with Gasteiger partial charge < -0.3 is 10.6 Å². The predicted molar refractivity (Wildman–Crippen MR) is 81.3 cm³/mol. The average Bonchev–Trinajstić information content (AvgIpc) is 2.45. The molecule has 0 spiro atoms. The fourth-order valence-corrected chi connectivity index (χ4v) is 2.78. The van der Waals surface area contributed by atoms with E-state index in [1.165, 1.54) is 5.56 Å². The molecule has 0 aliphatic carbocycles. The van der Waals surface area contributed by atoms with Crippen molar-refractivity contribution in [1.82, 2.24) is 9.80 Å². The molecule has 0 radical (unpaired) electrons. The molecular weight excluding hydrogens is 250 g/mol. The van der Waals surface area contributed by atoms with Crippen LogP contribution in [-0.4, -0.2) is 47.4 Å². The highest BCUT2D eigenvalue weighted by Crippen LogP contribution is 2.26. The van der Waals surface area contributed by atoms with Gasteiger partial charge in [0.1, 0.15) is 0 Å². The number of carbonyl (C=O) groups excluding carboxylic acids is 1. The molecule has 2 rings (SSSR count). The first-order valence-corrected chi connectivity index (χ1v) is 7.30. The van der Waals surface area contributed by atoms with E-state index in [0.29, 0.717) is 0 Å². The van der Waals surface area contributed by atoms with Crippen LogP contribution in [0, 0.1) is 0 Å². The Labute approximate surface area is 121 Å². The standard InChI is InChI=1S/C16H25N3O/c1-4-18-10-11-19(15(20)16(2,3)17)12-14(18)13-8-6-5-7-9-13/h5-9,14H,4,10-12,17H2,1-3H3. The second kappa shape index (κ2) is 5.94. The molecule has 1 aromatic carbocycles. The number of rotatable bonds is 3. The SMILES string of the molecule is CCN1CCN(C(=O)C(C)(C)N)CC1c1ccccc1. The maximum atomic E-state index is 12.4. The highest BCUT2D eigenvalue weighted by atomic mass is 16.2. The van der Waals surface area contributed by atoms with Gasteiger partial charge in [0.05, 0.1) is 11.6 Å². The summed E-state index contributed by atoms with van der Waals surface area (Å²) in [6.07, 6.45) is 0. The largest absolute Gasteiger partial charge is 0.338 e. The summed E-state index contributed by atoms with van der Waals surface area (Å²) >= 11 is 0. The van der Waals surface area contributed by atoms with E-state index in [2.05, 4.69) is 36.1 Å². The van der Waals surface area contributed by atoms with Crippen LogP contribution in [0.25, 0.3) is 0 Å². The van der Waals surface area contributed by atoms with E-state index in [-0.39, 0.29) is 11.9 Å². The summed E-state index contributed by atoms with van der Waals surface area (Å²) in [7, 11) is 0. The summed E-state index contributed by atoms with van der Waals surface area (Å²) in [5, 5.41) is 0. The quantitative estimate of drug-likeness (QED) is 0.912. The maximum absolute atomic E-state index is 12.4. The molecule has 1 fully saturated rings. The highest BCUT2D eigenvalue weighted by molar-refractivity contribution is 5.85. The van der Waals surface area contributed by atoms with E-state index in [0.717, 1.165) is 26.2 Å². The van der Waals surface area contributed by atoms with Crippen LogP contribution >= 0.6 is 0 Å². The fourth-order valence-electron chi connectivity index (χ4n) is 2.78. The molecule has 1 aliphatic rings. The van der Waals surface area contributed by atoms with Crippen molar-refractivity contribution < 1.29 is 4.79 Å². The zero-order chi connectivity index (χ0) is 14.8. The van der Waals surface area contributed by atoms with Crippen molar-refractivity contribution in [1.29, 1.82) is 0 Å². The summed E-state index contributed by atoms with van der Waals surface area (Å²) in [5.41, 5.74) is 6.43. The first-order valence-electron chi connectivity index (χ1n) is 7.30. The lowest BCUT2D eigenvalue weighted by molar-refractivity contribution is -0.138. The molecule has 0 aromatic heterocycles. The number of carbonyl (C=O) groups is 1. The van der Waals surface area contributed by atoms with Crippen molar-refractivity contribution in [2.45, 2.75) is 32.4 Å². The van der Waals surface area contributed by atoms with Gasteiger partial charge in [-0.25, -0.2) is 0 Å². The van der Waals surface area contributed by atoms with Crippen LogP contribution < -0.4 is 5.73 Å². The zero-order valence-electron chi connectivity index (χ0n) is 12.7. The Morgan fingerprint density at radius 2 is 1.95 bits per heavy atom. The Bertz CT molecular complexity index is 453. The summed E-state index contributed by atoms with van der Waals surface area (Å²) in [6, 6.07) is 10.7. The highest BCUT2D eigenvalue weighted by Gasteiger charge is 2.34. The first kappa shape index (κ1) is 15.0. The van der Waals surface area contributed by atoms with Crippen molar-refractivity contribution >= 4 is 5.91 Å². The molecule has 1 heterocycles. The van der Waals surface area contributed by atoms with Gasteiger partial charge >= 0.3 is 0 Å². The first-order chi connectivity index (χ1) is 9.43. The minimum Gasteiger partial charge on any atom is -0.338 e. The molecule has 20 heavy (non-hydrogen) atoms. The van der Waals surface area contributed by atoms with Crippen molar-refractivity contribution in [3.05, 3.63) is 35.9 Å². The van der Waals surface area contributed by atoms with Gasteiger partial charge in [0.25, 0.3) is 0 Å². The van der Waals surface area contributed by atoms with Crippen LogP contribution in [0.1, 0.15) is 32.4 Å². The van der Waals surface area contributed by atoms with Gasteiger partial charge in [-0.2, -0.15) is 0 Å². The van der Waals surface area contributed by atoms with Crippen LogP contribution in [0.15, 0.2) is 30.3 Å². The van der Waals surface area contributed by atoms with Gasteiger partial charge in [0.15, 0.2) is 0 Å². The summed E-state index contributed by atoms with van der Waals surface area (Å²) in [6.45, 7) is 9.10. The van der Waals surface area contributed by atoms with Gasteiger partial charge in [0.2, 0.25) is 5.91 Å². The Kier molecular flexibility index (Phi) is 4.45. The molecule has 2 N–H and O–H groups in total. The Morgan fingerprint density at radius 3 is 2.50 bits per heavy atom. The van der Waals surface area contributed by atoms with Gasteiger partial charge in [0, 0.05) is 19.6 Å². The van der Waals surface area contributed by atoms with Crippen LogP contribution in [0.2, 0.25) is 0 Å². The molecule has 0 bridgehead atoms. The molecule has 1 amide bonds. The normalized spacial score (nSPS) is 21.0. The molecule has 4 heteroatoms. The summed E-state index contributed by atoms with van der Waals surface area (Å²) in [5.74, 6) is 0.0363. The second-order valence-electron chi connectivity index (χ2n) is 6.03. The molecular formula is C16H25N3O. The third kappa shape index (κ3) is 3.19. The molecule has 1 aromatic rings. The van der Waals surface area contributed by atoms with E-state index in [9.17, 15) is 4.79 Å². The Morgan fingerprint density at radius 1 is 1.30 bits per heavy atom. The number of hydrogen-bond acceptors (Lipinski definition) is 3. The topological polar surface area (TPSA) is 49.6 Å². The number of benzene rings is 1. The van der Waals surface area contributed by atoms with Gasteiger partial charge in [-0.05, 0) is 26.0 Å². The third-order valence-electron chi connectivity index (χ3n) is 3.92. The number of amides is 1. The second-order valence-corrected chi connectivity index (χ2v) is 6.03. The molecule has 1 saturated heterocycles. The molecule has 1 aliphatic heterocycles. The van der Waals surface area contributed by atoms with Crippen LogP contribution in [0.4, 0.5) is 0 Å². The van der Waals surface area contributed by atoms with Crippen molar-refractivity contribution in [3.63, 3.8) is 0 Å². The molecule has 110 valence electrons. The monoisotopic (exact) mass is 275 g/mol. The number of likely N-dealkylation sites (N-methyl/N-ethyl adjacent to an activating group) is 1. The Balaban J connectivity index is 2.18. The van der Waals surface area contributed by atoms with Crippen LogP contribution in [0.3, 0.4) is 0 Å². The van der Waals surface area contributed by atoms with Crippen molar-refractivity contribution in [2.75, 3.05) is 26.2 Å². The average molecular weight is 275 g/mol. The lowest BCUT2D eigenvalue weighted by atomic mass is 9.99. The summed E-state index contributed by atoms with van der Waals surface area (Å²) in [4.78, 5) is 16.7. The van der Waals surface area contributed by atoms with Crippen LogP contribution in [0.5, 0.6) is 0 Å². The maximum Gasteiger partial charge on any atom is 0.242 e. The number of nitrogens with two attached hydrogens (primary N) is 1. The number of hydrogen-bond donors (Lipinski definition) is 1. The zero-order valence-corrected chi connectivity index (χ0v) is 12.7. The van der Waals surface area contributed by atoms with Gasteiger partial charge in [-0.3, -0.25) is 9.69 Å². The molecule has 0 saturated carbocycles. The van der Waals surface area contributed by atoms with Crippen molar-refractivity contribution in [2.24, 2.45) is 5.73 Å². The van der Waals surface area contributed by atoms with E-state index in [1.807, 2.05) is 11.0 Å². The van der Waals surface area contributed by atoms with E-state index >= 15 is 0 Å². The van der Waals surface area contributed by atoms with Crippen LogP contribution in [-0.2, 0) is 4.79 Å². The van der Waals surface area contributed by atoms with Gasteiger partial charge in [-0.1, -0.05) is 37.3 Å². The van der Waals surface area contributed by atoms with E-state index < -0.39 is 5.54 Å². The lowest BCUT2D eigenvalue weighted by Gasteiger charge is -2.43. The minimum atomic E-state index is -0.796. The third-order valence-corrected chi connectivity index (χ3v) is 3.92. The lowest BCUT2D eigenvalue weighted by Crippen LogP contribution is -2.57. The Hall–Kier alpha value is -1.39. The fraction of sp³-hybridized carbons (Fsp3) is 0.562. The number of nitrogens with zero attached hydrogens (tertiary/aromatic N) is 2. The number of piperazine rings is 1. The molecule has 1 unspecified atom stereocenters. The minimum absolute atomic E-state index is 0.0363. The molecule has 1 atom stereocenters.